The Bertz CT molecular complexity index is 1110. The van der Waals surface area contributed by atoms with E-state index in [1.807, 2.05) is 4.90 Å². The van der Waals surface area contributed by atoms with Gasteiger partial charge < -0.3 is 19.9 Å². The highest BCUT2D eigenvalue weighted by Gasteiger charge is 2.52. The van der Waals surface area contributed by atoms with Gasteiger partial charge in [-0.25, -0.2) is 4.39 Å². The summed E-state index contributed by atoms with van der Waals surface area (Å²) in [7, 11) is 0. The molecule has 2 aliphatic carbocycles. The number of anilines is 1. The van der Waals surface area contributed by atoms with Crippen LogP contribution in [0.2, 0.25) is 0 Å². The first-order chi connectivity index (χ1) is 14.4. The van der Waals surface area contributed by atoms with Gasteiger partial charge in [0.05, 0.1) is 17.0 Å². The van der Waals surface area contributed by atoms with Crippen LogP contribution in [0, 0.1) is 11.9 Å². The molecule has 0 radical (unpaired) electrons. The minimum absolute atomic E-state index is 0. The Balaban J connectivity index is 0.00000204. The van der Waals surface area contributed by atoms with Crippen LogP contribution in [-0.2, 0) is 20.7 Å². The molecule has 164 valence electrons. The van der Waals surface area contributed by atoms with Crippen molar-refractivity contribution in [1.82, 2.24) is 10.1 Å². The number of carbonyl (C=O) groups excluding carboxylic acids is 2. The lowest BCUT2D eigenvalue weighted by Crippen LogP contribution is -2.52. The molecule has 0 spiro atoms. The van der Waals surface area contributed by atoms with Crippen molar-refractivity contribution >= 4 is 29.9 Å². The van der Waals surface area contributed by atoms with Crippen molar-refractivity contribution in [3.63, 3.8) is 0 Å². The molecule has 0 saturated carbocycles. The zero-order chi connectivity index (χ0) is 20.7. The molecule has 31 heavy (non-hydrogen) atoms. The Morgan fingerprint density at radius 2 is 2.03 bits per heavy atom. The second kappa shape index (κ2) is 6.89. The van der Waals surface area contributed by atoms with Gasteiger partial charge >= 0.3 is 0 Å². The van der Waals surface area contributed by atoms with Crippen LogP contribution in [0.4, 0.5) is 14.7 Å². The molecule has 0 amide bonds. The molecule has 1 aromatic rings. The standard InChI is InChI=1S/C20H18F2N4O4.ClH/c21-14-12(25-4-3-9(23)7-25)6-8-5-10-19(22)24-30-20(10)26-11-1-2-13(27)16(28)17(11)29-18(14)15(8)26;/h6,8-9,15H,1-5,7,23H2;1H. The number of hydrogen-bond acceptors (Lipinski definition) is 8. The summed E-state index contributed by atoms with van der Waals surface area (Å²) in [5.41, 5.74) is 7.00. The molecule has 1 saturated heterocycles. The molecular weight excluding hydrogens is 434 g/mol. The number of nitrogens with zero attached hydrogens (tertiary/aromatic N) is 3. The molecule has 5 aliphatic rings. The van der Waals surface area contributed by atoms with Crippen LogP contribution in [0.3, 0.4) is 0 Å². The monoisotopic (exact) mass is 452 g/mol. The maximum Gasteiger partial charge on any atom is 0.265 e. The number of carbonyl (C=O) groups is 2. The third kappa shape index (κ3) is 2.71. The summed E-state index contributed by atoms with van der Waals surface area (Å²) in [6, 6.07) is -0.699. The summed E-state index contributed by atoms with van der Waals surface area (Å²) in [5.74, 6) is -3.19. The second-order valence-electron chi connectivity index (χ2n) is 8.29. The number of ether oxygens (including phenoxy) is 1. The van der Waals surface area contributed by atoms with Crippen LogP contribution < -0.4 is 10.6 Å². The van der Waals surface area contributed by atoms with Gasteiger partial charge in [-0.3, -0.25) is 14.5 Å². The normalized spacial score (nSPS) is 29.3. The molecule has 0 aromatic carbocycles. The van der Waals surface area contributed by atoms with E-state index >= 15 is 4.39 Å². The summed E-state index contributed by atoms with van der Waals surface area (Å²) in [4.78, 5) is 28.0. The van der Waals surface area contributed by atoms with Crippen LogP contribution >= 0.6 is 12.4 Å². The lowest BCUT2D eigenvalue weighted by atomic mass is 9.80. The fraction of sp³-hybridized carbons (Fsp3) is 0.450. The highest BCUT2D eigenvalue weighted by atomic mass is 35.5. The molecule has 11 heteroatoms. The predicted molar refractivity (Wildman–Crippen MR) is 105 cm³/mol. The van der Waals surface area contributed by atoms with Crippen molar-refractivity contribution in [3.8, 4) is 0 Å². The minimum Gasteiger partial charge on any atom is -0.450 e. The average Bonchev–Trinajstić information content (AvgIpc) is 3.33. The van der Waals surface area contributed by atoms with Gasteiger partial charge in [-0.1, -0.05) is 6.08 Å². The zero-order valence-corrected chi connectivity index (χ0v) is 17.1. The number of Topliss-reactive ketones (excluding diaryl/α,β-unsaturated/α-hetero) is 2. The van der Waals surface area contributed by atoms with Gasteiger partial charge in [-0.2, -0.15) is 4.39 Å². The number of fused-ring (bicyclic) bond motifs is 3. The maximum atomic E-state index is 15.7. The molecule has 3 atom stereocenters. The number of allylic oxidation sites excluding steroid dienone is 3. The van der Waals surface area contributed by atoms with E-state index in [1.54, 1.807) is 11.0 Å². The van der Waals surface area contributed by atoms with Crippen molar-refractivity contribution in [2.45, 2.75) is 37.8 Å². The molecule has 0 bridgehead atoms. The fourth-order valence-electron chi connectivity index (χ4n) is 5.11. The van der Waals surface area contributed by atoms with Crippen LogP contribution in [0.1, 0.15) is 24.8 Å². The molecule has 1 aromatic heterocycles. The Morgan fingerprint density at radius 3 is 2.77 bits per heavy atom. The van der Waals surface area contributed by atoms with Gasteiger partial charge in [-0.15, -0.1) is 12.4 Å². The van der Waals surface area contributed by atoms with Crippen molar-refractivity contribution in [3.05, 3.63) is 46.3 Å². The van der Waals surface area contributed by atoms with Crippen LogP contribution in [0.25, 0.3) is 0 Å². The van der Waals surface area contributed by atoms with Gasteiger partial charge in [0.2, 0.25) is 11.7 Å². The SMILES string of the molecule is Cl.NC1CCN(C2=CC3Cc4c(F)noc4N4C5=C(OC(=C2F)C34)C(=O)C(=O)CC5)C1. The predicted octanol–water partition coefficient (Wildman–Crippen LogP) is 1.87. The molecule has 1 fully saturated rings. The number of hydrogen-bond donors (Lipinski definition) is 1. The Hall–Kier alpha value is -2.72. The number of likely N-dealkylation sites (tertiary alicyclic amines) is 1. The smallest absolute Gasteiger partial charge is 0.265 e. The van der Waals surface area contributed by atoms with Gasteiger partial charge in [0.1, 0.15) is 6.04 Å². The van der Waals surface area contributed by atoms with Gasteiger partial charge in [0, 0.05) is 31.5 Å². The largest absolute Gasteiger partial charge is 0.450 e. The zero-order valence-electron chi connectivity index (χ0n) is 16.3. The number of ketones is 2. The summed E-state index contributed by atoms with van der Waals surface area (Å²) >= 11 is 0. The Labute approximate surface area is 181 Å². The third-order valence-corrected chi connectivity index (χ3v) is 6.52. The molecule has 3 unspecified atom stereocenters. The van der Waals surface area contributed by atoms with Crippen molar-refractivity contribution in [2.75, 3.05) is 18.0 Å². The molecule has 4 heterocycles. The number of rotatable bonds is 1. The lowest BCUT2D eigenvalue weighted by Gasteiger charge is -2.47. The molecule has 8 nitrogen and oxygen atoms in total. The second-order valence-corrected chi connectivity index (χ2v) is 8.29. The van der Waals surface area contributed by atoms with E-state index in [2.05, 4.69) is 5.16 Å². The van der Waals surface area contributed by atoms with E-state index in [1.165, 1.54) is 0 Å². The van der Waals surface area contributed by atoms with E-state index in [9.17, 15) is 14.0 Å². The van der Waals surface area contributed by atoms with Gasteiger partial charge in [-0.05, 0) is 24.4 Å². The first-order valence-corrected chi connectivity index (χ1v) is 9.98. The quantitative estimate of drug-likeness (QED) is 0.644. The minimum atomic E-state index is -0.807. The molecule has 3 aliphatic heterocycles. The number of halogens is 3. The Morgan fingerprint density at radius 1 is 1.23 bits per heavy atom. The van der Waals surface area contributed by atoms with Crippen LogP contribution in [-0.4, -0.2) is 46.8 Å². The molecular formula is C20H19ClF2N4O4. The van der Waals surface area contributed by atoms with Crippen LogP contribution in [0.15, 0.2) is 39.3 Å². The number of nitrogens with two attached hydrogens (primary N) is 1. The molecule has 6 rings (SSSR count). The number of aromatic nitrogens is 1. The highest BCUT2D eigenvalue weighted by molar-refractivity contribution is 6.44. The van der Waals surface area contributed by atoms with E-state index in [0.29, 0.717) is 24.5 Å². The van der Waals surface area contributed by atoms with E-state index in [-0.39, 0.29) is 66.6 Å². The lowest BCUT2D eigenvalue weighted by molar-refractivity contribution is -0.137. The Kier molecular flexibility index (Phi) is 4.49. The average molecular weight is 453 g/mol. The first-order valence-electron chi connectivity index (χ1n) is 9.98. The van der Waals surface area contributed by atoms with E-state index in [4.69, 9.17) is 15.0 Å². The summed E-state index contributed by atoms with van der Waals surface area (Å²) in [6.07, 6.45) is 3.00. The highest BCUT2D eigenvalue weighted by Crippen LogP contribution is 2.50. The summed E-state index contributed by atoms with van der Waals surface area (Å²) in [5, 5.41) is 3.44. The van der Waals surface area contributed by atoms with Crippen molar-refractivity contribution in [1.29, 1.82) is 0 Å². The molecule has 2 N–H and O–H groups in total. The first kappa shape index (κ1) is 20.2. The van der Waals surface area contributed by atoms with Gasteiger partial charge in [0.25, 0.3) is 11.7 Å². The van der Waals surface area contributed by atoms with Crippen molar-refractivity contribution in [2.24, 2.45) is 11.7 Å². The van der Waals surface area contributed by atoms with Crippen molar-refractivity contribution < 1.29 is 27.6 Å². The third-order valence-electron chi connectivity index (χ3n) is 6.52. The summed E-state index contributed by atoms with van der Waals surface area (Å²) < 4.78 is 41.1. The fourth-order valence-corrected chi connectivity index (χ4v) is 5.11. The van der Waals surface area contributed by atoms with E-state index < -0.39 is 29.4 Å². The topological polar surface area (TPSA) is 102 Å². The maximum absolute atomic E-state index is 15.7. The van der Waals surface area contributed by atoms with Crippen LogP contribution in [0.5, 0.6) is 0 Å². The summed E-state index contributed by atoms with van der Waals surface area (Å²) in [6.45, 7) is 1.08. The van der Waals surface area contributed by atoms with Gasteiger partial charge in [0.15, 0.2) is 17.3 Å². The van der Waals surface area contributed by atoms with E-state index in [0.717, 1.165) is 6.42 Å².